The van der Waals surface area contributed by atoms with Gasteiger partial charge in [-0.3, -0.25) is 4.90 Å². The fraction of sp³-hybridized carbons (Fsp3) is 1.00. The van der Waals surface area contributed by atoms with Crippen molar-refractivity contribution in [2.45, 2.75) is 58.6 Å². The molecule has 0 aromatic carbocycles. The first kappa shape index (κ1) is 15.9. The summed E-state index contributed by atoms with van der Waals surface area (Å²) in [5.74, 6) is 0. The Morgan fingerprint density at radius 3 is 2.06 bits per heavy atom. The summed E-state index contributed by atoms with van der Waals surface area (Å²) in [4.78, 5) is 2.47. The van der Waals surface area contributed by atoms with E-state index in [4.69, 9.17) is 10.5 Å². The SMILES string of the molecule is CCN(CCC(C)(C)OC)C(C)(CC)CN. The second-order valence-corrected chi connectivity index (χ2v) is 5.35. The summed E-state index contributed by atoms with van der Waals surface area (Å²) in [5, 5.41) is 0. The number of methoxy groups -OCH3 is 1. The van der Waals surface area contributed by atoms with Crippen molar-refractivity contribution >= 4 is 0 Å². The smallest absolute Gasteiger partial charge is 0.0634 e. The molecule has 0 aliphatic heterocycles. The molecular formula is C13H30N2O. The predicted molar refractivity (Wildman–Crippen MR) is 70.7 cm³/mol. The maximum Gasteiger partial charge on any atom is 0.0634 e. The maximum atomic E-state index is 5.89. The van der Waals surface area contributed by atoms with Gasteiger partial charge in [0.25, 0.3) is 0 Å². The molecule has 0 fully saturated rings. The summed E-state index contributed by atoms with van der Waals surface area (Å²) in [7, 11) is 1.78. The minimum atomic E-state index is -0.0450. The van der Waals surface area contributed by atoms with Crippen LogP contribution in [0.3, 0.4) is 0 Å². The summed E-state index contributed by atoms with van der Waals surface area (Å²) in [6.07, 6.45) is 2.12. The van der Waals surface area contributed by atoms with Gasteiger partial charge in [0.2, 0.25) is 0 Å². The Bertz CT molecular complexity index is 188. The summed E-state index contributed by atoms with van der Waals surface area (Å²) in [6, 6.07) is 0. The van der Waals surface area contributed by atoms with Crippen molar-refractivity contribution in [1.82, 2.24) is 4.90 Å². The Balaban J connectivity index is 4.41. The predicted octanol–water partition coefficient (Wildman–Crippen LogP) is 2.25. The lowest BCUT2D eigenvalue weighted by Crippen LogP contribution is -2.52. The largest absolute Gasteiger partial charge is 0.379 e. The Hall–Kier alpha value is -0.120. The summed E-state index contributed by atoms with van der Waals surface area (Å²) < 4.78 is 5.45. The molecule has 0 aromatic heterocycles. The van der Waals surface area contributed by atoms with Gasteiger partial charge in [-0.1, -0.05) is 13.8 Å². The van der Waals surface area contributed by atoms with E-state index in [0.717, 1.165) is 25.9 Å². The average molecular weight is 230 g/mol. The highest BCUT2D eigenvalue weighted by atomic mass is 16.5. The van der Waals surface area contributed by atoms with E-state index in [1.165, 1.54) is 0 Å². The first-order valence-corrected chi connectivity index (χ1v) is 6.35. The number of hydrogen-bond acceptors (Lipinski definition) is 3. The molecule has 1 unspecified atom stereocenters. The zero-order valence-corrected chi connectivity index (χ0v) is 12.0. The van der Waals surface area contributed by atoms with Gasteiger partial charge in [0.15, 0.2) is 0 Å². The van der Waals surface area contributed by atoms with Gasteiger partial charge in [0.1, 0.15) is 0 Å². The number of nitrogens with zero attached hydrogens (tertiary/aromatic N) is 1. The van der Waals surface area contributed by atoms with Crippen LogP contribution in [0.15, 0.2) is 0 Å². The van der Waals surface area contributed by atoms with Gasteiger partial charge in [-0.15, -0.1) is 0 Å². The highest BCUT2D eigenvalue weighted by molar-refractivity contribution is 4.86. The molecule has 3 nitrogen and oxygen atoms in total. The van der Waals surface area contributed by atoms with Crippen LogP contribution in [0.1, 0.15) is 47.5 Å². The zero-order chi connectivity index (χ0) is 12.8. The molecule has 0 heterocycles. The molecule has 98 valence electrons. The fourth-order valence-electron chi connectivity index (χ4n) is 1.81. The number of nitrogens with two attached hydrogens (primary N) is 1. The molecule has 0 aromatic rings. The van der Waals surface area contributed by atoms with Crippen molar-refractivity contribution in [3.05, 3.63) is 0 Å². The van der Waals surface area contributed by atoms with Crippen molar-refractivity contribution in [3.8, 4) is 0 Å². The van der Waals surface area contributed by atoms with Gasteiger partial charge in [-0.2, -0.15) is 0 Å². The normalized spacial score (nSPS) is 16.5. The monoisotopic (exact) mass is 230 g/mol. The van der Waals surface area contributed by atoms with E-state index >= 15 is 0 Å². The van der Waals surface area contributed by atoms with Crippen LogP contribution in [0.5, 0.6) is 0 Å². The summed E-state index contributed by atoms with van der Waals surface area (Å²) in [6.45, 7) is 13.7. The van der Waals surface area contributed by atoms with Gasteiger partial charge >= 0.3 is 0 Å². The van der Waals surface area contributed by atoms with Crippen molar-refractivity contribution in [2.24, 2.45) is 5.73 Å². The third-order valence-corrected chi connectivity index (χ3v) is 3.88. The quantitative estimate of drug-likeness (QED) is 0.695. The standard InChI is InChI=1S/C13H30N2O/c1-7-13(5,11-14)15(8-2)10-9-12(3,4)16-6/h7-11,14H2,1-6H3. The third kappa shape index (κ3) is 4.40. The number of hydrogen-bond donors (Lipinski definition) is 1. The first-order chi connectivity index (χ1) is 7.35. The third-order valence-electron chi connectivity index (χ3n) is 3.88. The second-order valence-electron chi connectivity index (χ2n) is 5.35. The van der Waals surface area contributed by atoms with Crippen molar-refractivity contribution in [2.75, 3.05) is 26.7 Å². The lowest BCUT2D eigenvalue weighted by atomic mass is 9.94. The Kier molecular flexibility index (Phi) is 6.53. The van der Waals surface area contributed by atoms with Crippen molar-refractivity contribution in [1.29, 1.82) is 0 Å². The molecule has 0 bridgehead atoms. The van der Waals surface area contributed by atoms with Crippen LogP contribution in [0.4, 0.5) is 0 Å². The van der Waals surface area contributed by atoms with E-state index in [1.807, 2.05) is 0 Å². The molecular weight excluding hydrogens is 200 g/mol. The summed E-state index contributed by atoms with van der Waals surface area (Å²) in [5.41, 5.74) is 5.97. The summed E-state index contributed by atoms with van der Waals surface area (Å²) >= 11 is 0. The molecule has 0 aliphatic carbocycles. The van der Waals surface area contributed by atoms with Crippen LogP contribution in [-0.2, 0) is 4.74 Å². The Labute approximate surface area is 101 Å². The number of likely N-dealkylation sites (N-methyl/N-ethyl adjacent to an activating group) is 1. The zero-order valence-electron chi connectivity index (χ0n) is 12.0. The number of ether oxygens (including phenoxy) is 1. The molecule has 0 spiro atoms. The van der Waals surface area contributed by atoms with Crippen LogP contribution in [-0.4, -0.2) is 42.8 Å². The van der Waals surface area contributed by atoms with E-state index in [1.54, 1.807) is 7.11 Å². The molecule has 0 saturated carbocycles. The van der Waals surface area contributed by atoms with Crippen LogP contribution in [0, 0.1) is 0 Å². The Morgan fingerprint density at radius 2 is 1.75 bits per heavy atom. The van der Waals surface area contributed by atoms with E-state index in [2.05, 4.69) is 39.5 Å². The molecule has 0 aliphatic rings. The Morgan fingerprint density at radius 1 is 1.19 bits per heavy atom. The van der Waals surface area contributed by atoms with Gasteiger partial charge in [0.05, 0.1) is 5.60 Å². The van der Waals surface area contributed by atoms with Crippen LogP contribution < -0.4 is 5.73 Å². The molecule has 16 heavy (non-hydrogen) atoms. The molecule has 2 N–H and O–H groups in total. The highest BCUT2D eigenvalue weighted by Gasteiger charge is 2.28. The van der Waals surface area contributed by atoms with E-state index in [9.17, 15) is 0 Å². The average Bonchev–Trinajstić information content (AvgIpc) is 2.29. The van der Waals surface area contributed by atoms with Crippen LogP contribution in [0.25, 0.3) is 0 Å². The minimum absolute atomic E-state index is 0.0450. The molecule has 3 heteroatoms. The van der Waals surface area contributed by atoms with Gasteiger partial charge in [-0.05, 0) is 40.2 Å². The topological polar surface area (TPSA) is 38.5 Å². The van der Waals surface area contributed by atoms with E-state index < -0.39 is 0 Å². The van der Waals surface area contributed by atoms with Crippen LogP contribution >= 0.6 is 0 Å². The lowest BCUT2D eigenvalue weighted by molar-refractivity contribution is -0.00333. The van der Waals surface area contributed by atoms with E-state index in [0.29, 0.717) is 6.54 Å². The van der Waals surface area contributed by atoms with Crippen LogP contribution in [0.2, 0.25) is 0 Å². The van der Waals surface area contributed by atoms with Gasteiger partial charge in [0, 0.05) is 25.7 Å². The van der Waals surface area contributed by atoms with Crippen molar-refractivity contribution in [3.63, 3.8) is 0 Å². The molecule has 0 radical (unpaired) electrons. The van der Waals surface area contributed by atoms with Gasteiger partial charge < -0.3 is 10.5 Å². The number of rotatable bonds is 8. The minimum Gasteiger partial charge on any atom is -0.379 e. The molecule has 0 rings (SSSR count). The highest BCUT2D eigenvalue weighted by Crippen LogP contribution is 2.21. The fourth-order valence-corrected chi connectivity index (χ4v) is 1.81. The first-order valence-electron chi connectivity index (χ1n) is 6.35. The van der Waals surface area contributed by atoms with Gasteiger partial charge in [-0.25, -0.2) is 0 Å². The van der Waals surface area contributed by atoms with Crippen molar-refractivity contribution < 1.29 is 4.74 Å². The molecule has 0 saturated heterocycles. The maximum absolute atomic E-state index is 5.89. The second kappa shape index (κ2) is 6.58. The molecule has 1 atom stereocenters. The van der Waals surface area contributed by atoms with E-state index in [-0.39, 0.29) is 11.1 Å². The molecule has 0 amide bonds. The lowest BCUT2D eigenvalue weighted by Gasteiger charge is -2.41.